The zero-order valence-electron chi connectivity index (χ0n) is 8.87. The minimum absolute atomic E-state index is 0.320. The Labute approximate surface area is 84.5 Å². The number of rotatable bonds is 1. The van der Waals surface area contributed by atoms with Crippen LogP contribution in [0.25, 0.3) is 0 Å². The molecule has 4 unspecified atom stereocenters. The first-order valence-electron chi connectivity index (χ1n) is 5.47. The van der Waals surface area contributed by atoms with Gasteiger partial charge in [0.15, 0.2) is 6.67 Å². The lowest BCUT2D eigenvalue weighted by atomic mass is 9.91. The Balaban J connectivity index is 2.00. The van der Waals surface area contributed by atoms with E-state index in [2.05, 4.69) is 13.8 Å². The Morgan fingerprint density at radius 3 is 2.71 bits per heavy atom. The maximum Gasteiger partial charge on any atom is 0.253 e. The van der Waals surface area contributed by atoms with Gasteiger partial charge in [0.2, 0.25) is 0 Å². The van der Waals surface area contributed by atoms with Crippen molar-refractivity contribution in [3.63, 3.8) is 0 Å². The number of fused-ring (bicyclic) bond motifs is 1. The Hall–Kier alpha value is -0.600. The van der Waals surface area contributed by atoms with Crippen molar-refractivity contribution in [1.82, 2.24) is 4.90 Å². The van der Waals surface area contributed by atoms with Crippen molar-refractivity contribution in [2.75, 3.05) is 19.8 Å². The van der Waals surface area contributed by atoms with Gasteiger partial charge in [-0.25, -0.2) is 4.39 Å². The molecule has 3 heteroatoms. The van der Waals surface area contributed by atoms with Crippen molar-refractivity contribution in [1.29, 1.82) is 0 Å². The SMILES string of the molecule is CC1CC2CN(C(=O)CF)CC2C1C. The zero-order valence-corrected chi connectivity index (χ0v) is 8.87. The lowest BCUT2D eigenvalue weighted by Crippen LogP contribution is -2.31. The topological polar surface area (TPSA) is 20.3 Å². The van der Waals surface area contributed by atoms with Crippen molar-refractivity contribution in [2.45, 2.75) is 20.3 Å². The molecule has 1 amide bonds. The molecule has 0 aromatic rings. The number of halogens is 1. The molecule has 14 heavy (non-hydrogen) atoms. The van der Waals surface area contributed by atoms with Crippen LogP contribution in [0, 0.1) is 23.7 Å². The molecular formula is C11H18FNO. The van der Waals surface area contributed by atoms with Crippen LogP contribution in [-0.2, 0) is 4.79 Å². The van der Waals surface area contributed by atoms with E-state index in [4.69, 9.17) is 0 Å². The number of hydrogen-bond acceptors (Lipinski definition) is 1. The van der Waals surface area contributed by atoms with Gasteiger partial charge >= 0.3 is 0 Å². The summed E-state index contributed by atoms with van der Waals surface area (Å²) in [6.45, 7) is 5.30. The van der Waals surface area contributed by atoms with Crippen LogP contribution in [0.15, 0.2) is 0 Å². The molecule has 0 bridgehead atoms. The molecule has 2 rings (SSSR count). The number of carbonyl (C=O) groups excluding carboxylic acids is 1. The number of amides is 1. The largest absolute Gasteiger partial charge is 0.340 e. The second-order valence-corrected chi connectivity index (χ2v) is 4.93. The number of nitrogens with zero attached hydrogens (tertiary/aromatic N) is 1. The average Bonchev–Trinajstić information content (AvgIpc) is 2.68. The fourth-order valence-electron chi connectivity index (χ4n) is 3.14. The highest BCUT2D eigenvalue weighted by Gasteiger charge is 2.45. The summed E-state index contributed by atoms with van der Waals surface area (Å²) < 4.78 is 12.2. The van der Waals surface area contributed by atoms with E-state index in [0.29, 0.717) is 17.8 Å². The van der Waals surface area contributed by atoms with Crippen LogP contribution < -0.4 is 0 Å². The summed E-state index contributed by atoms with van der Waals surface area (Å²) in [5.41, 5.74) is 0. The molecule has 1 aliphatic carbocycles. The predicted octanol–water partition coefficient (Wildman–Crippen LogP) is 1.71. The van der Waals surface area contributed by atoms with E-state index in [1.54, 1.807) is 4.90 Å². The summed E-state index contributed by atoms with van der Waals surface area (Å²) in [6, 6.07) is 0. The molecule has 0 N–H and O–H groups in total. The van der Waals surface area contributed by atoms with Crippen LogP contribution in [-0.4, -0.2) is 30.6 Å². The number of alkyl halides is 1. The van der Waals surface area contributed by atoms with E-state index in [0.717, 1.165) is 19.0 Å². The lowest BCUT2D eigenvalue weighted by Gasteiger charge is -2.19. The van der Waals surface area contributed by atoms with Gasteiger partial charge < -0.3 is 4.90 Å². The molecule has 0 aromatic carbocycles. The standard InChI is InChI=1S/C11H18FNO/c1-7-3-9-5-13(11(14)4-12)6-10(9)8(7)2/h7-10H,3-6H2,1-2H3. The van der Waals surface area contributed by atoms with Crippen molar-refractivity contribution in [2.24, 2.45) is 23.7 Å². The van der Waals surface area contributed by atoms with E-state index in [9.17, 15) is 9.18 Å². The van der Waals surface area contributed by atoms with E-state index in [1.165, 1.54) is 6.42 Å². The van der Waals surface area contributed by atoms with Gasteiger partial charge in [0.25, 0.3) is 5.91 Å². The van der Waals surface area contributed by atoms with E-state index < -0.39 is 6.67 Å². The molecule has 80 valence electrons. The van der Waals surface area contributed by atoms with Gasteiger partial charge in [-0.2, -0.15) is 0 Å². The van der Waals surface area contributed by atoms with Crippen LogP contribution in [0.5, 0.6) is 0 Å². The Morgan fingerprint density at radius 2 is 2.14 bits per heavy atom. The monoisotopic (exact) mass is 199 g/mol. The molecule has 2 fully saturated rings. The molecule has 1 saturated heterocycles. The first-order chi connectivity index (χ1) is 6.63. The molecule has 4 atom stereocenters. The molecule has 1 heterocycles. The zero-order chi connectivity index (χ0) is 10.3. The minimum Gasteiger partial charge on any atom is -0.340 e. The summed E-state index contributed by atoms with van der Waals surface area (Å²) >= 11 is 0. The van der Waals surface area contributed by atoms with Gasteiger partial charge in [-0.1, -0.05) is 13.8 Å². The van der Waals surface area contributed by atoms with Crippen molar-refractivity contribution in [3.05, 3.63) is 0 Å². The van der Waals surface area contributed by atoms with Gasteiger partial charge in [0.1, 0.15) is 0 Å². The van der Waals surface area contributed by atoms with Crippen molar-refractivity contribution in [3.8, 4) is 0 Å². The highest BCUT2D eigenvalue weighted by Crippen LogP contribution is 2.45. The molecule has 0 spiro atoms. The highest BCUT2D eigenvalue weighted by molar-refractivity contribution is 5.77. The normalized spacial score (nSPS) is 41.5. The smallest absolute Gasteiger partial charge is 0.253 e. The lowest BCUT2D eigenvalue weighted by molar-refractivity contribution is -0.131. The molecule has 2 nitrogen and oxygen atoms in total. The second kappa shape index (κ2) is 3.52. The molecule has 2 aliphatic rings. The summed E-state index contributed by atoms with van der Waals surface area (Å²) in [5, 5.41) is 0. The summed E-state index contributed by atoms with van der Waals surface area (Å²) in [4.78, 5) is 12.9. The summed E-state index contributed by atoms with van der Waals surface area (Å²) in [5.74, 6) is 2.40. The third-order valence-corrected chi connectivity index (χ3v) is 4.21. The second-order valence-electron chi connectivity index (χ2n) is 4.93. The first kappa shape index (κ1) is 9.94. The maximum absolute atomic E-state index is 12.2. The van der Waals surface area contributed by atoms with Crippen LogP contribution in [0.1, 0.15) is 20.3 Å². The van der Waals surface area contributed by atoms with Crippen LogP contribution in [0.4, 0.5) is 4.39 Å². The average molecular weight is 199 g/mol. The van der Waals surface area contributed by atoms with Crippen molar-refractivity contribution < 1.29 is 9.18 Å². The fourth-order valence-corrected chi connectivity index (χ4v) is 3.14. The Morgan fingerprint density at radius 1 is 1.43 bits per heavy atom. The van der Waals surface area contributed by atoms with Crippen LogP contribution in [0.2, 0.25) is 0 Å². The summed E-state index contributed by atoms with van der Waals surface area (Å²) in [7, 11) is 0. The third-order valence-electron chi connectivity index (χ3n) is 4.21. The van der Waals surface area contributed by atoms with Gasteiger partial charge in [-0.3, -0.25) is 4.79 Å². The Bertz CT molecular complexity index is 243. The molecule has 0 radical (unpaired) electrons. The van der Waals surface area contributed by atoms with Crippen LogP contribution in [0.3, 0.4) is 0 Å². The van der Waals surface area contributed by atoms with E-state index in [1.807, 2.05) is 0 Å². The van der Waals surface area contributed by atoms with E-state index >= 15 is 0 Å². The molecule has 1 aliphatic heterocycles. The quantitative estimate of drug-likeness (QED) is 0.629. The summed E-state index contributed by atoms with van der Waals surface area (Å²) in [6.07, 6.45) is 1.21. The predicted molar refractivity (Wildman–Crippen MR) is 52.5 cm³/mol. The number of carbonyl (C=O) groups is 1. The van der Waals surface area contributed by atoms with Crippen molar-refractivity contribution >= 4 is 5.91 Å². The minimum atomic E-state index is -0.830. The van der Waals surface area contributed by atoms with Gasteiger partial charge in [-0.15, -0.1) is 0 Å². The molecule has 1 saturated carbocycles. The number of likely N-dealkylation sites (tertiary alicyclic amines) is 1. The third kappa shape index (κ3) is 1.43. The van der Waals surface area contributed by atoms with E-state index in [-0.39, 0.29) is 5.91 Å². The van der Waals surface area contributed by atoms with Gasteiger partial charge in [0.05, 0.1) is 0 Å². The van der Waals surface area contributed by atoms with Gasteiger partial charge in [-0.05, 0) is 30.1 Å². The molecule has 0 aromatic heterocycles. The van der Waals surface area contributed by atoms with Crippen LogP contribution >= 0.6 is 0 Å². The fraction of sp³-hybridized carbons (Fsp3) is 0.909. The highest BCUT2D eigenvalue weighted by atomic mass is 19.1. The molecular weight excluding hydrogens is 181 g/mol. The first-order valence-corrected chi connectivity index (χ1v) is 5.47. The maximum atomic E-state index is 12.2. The Kier molecular flexibility index (Phi) is 2.50. The van der Waals surface area contributed by atoms with Gasteiger partial charge in [0, 0.05) is 13.1 Å². The number of hydrogen-bond donors (Lipinski definition) is 0.